The summed E-state index contributed by atoms with van der Waals surface area (Å²) in [5.41, 5.74) is 1.87. The normalized spacial score (nSPS) is 17.6. The van der Waals surface area contributed by atoms with Gasteiger partial charge in [-0.2, -0.15) is 0 Å². The van der Waals surface area contributed by atoms with Crippen molar-refractivity contribution in [3.05, 3.63) is 69.0 Å². The molecule has 26 heavy (non-hydrogen) atoms. The molecule has 0 saturated carbocycles. The third-order valence-corrected chi connectivity index (χ3v) is 5.38. The summed E-state index contributed by atoms with van der Waals surface area (Å²) >= 11 is 13.5. The van der Waals surface area contributed by atoms with Crippen LogP contribution < -0.4 is 15.4 Å². The van der Waals surface area contributed by atoms with Gasteiger partial charge >= 0.3 is 0 Å². The summed E-state index contributed by atoms with van der Waals surface area (Å²) in [5, 5.41) is 7.16. The van der Waals surface area contributed by atoms with Gasteiger partial charge in [0.1, 0.15) is 5.75 Å². The van der Waals surface area contributed by atoms with Gasteiger partial charge < -0.3 is 15.4 Å². The lowest BCUT2D eigenvalue weighted by Gasteiger charge is -2.19. The van der Waals surface area contributed by atoms with Crippen LogP contribution in [0.1, 0.15) is 19.4 Å². The molecule has 0 fully saturated rings. The van der Waals surface area contributed by atoms with E-state index in [4.69, 9.17) is 27.9 Å². The molecular weight excluding hydrogens is 391 g/mol. The average Bonchev–Trinajstić information content (AvgIpc) is 2.98. The Hall–Kier alpha value is -1.82. The number of rotatable bonds is 5. The van der Waals surface area contributed by atoms with E-state index < -0.39 is 6.10 Å². The molecule has 0 aliphatic carbocycles. The number of nitrogens with one attached hydrogen (secondary N) is 2. The van der Waals surface area contributed by atoms with E-state index in [1.54, 1.807) is 36.9 Å². The molecular formula is C19H18Cl2N2O2S. The van der Waals surface area contributed by atoms with Gasteiger partial charge in [0.05, 0.1) is 10.7 Å². The van der Waals surface area contributed by atoms with E-state index in [1.165, 1.54) is 0 Å². The Kier molecular flexibility index (Phi) is 6.01. The van der Waals surface area contributed by atoms with Crippen molar-refractivity contribution in [2.75, 3.05) is 0 Å². The molecule has 4 nitrogen and oxygen atoms in total. The van der Waals surface area contributed by atoms with Crippen LogP contribution in [0.5, 0.6) is 5.75 Å². The first-order valence-electron chi connectivity index (χ1n) is 8.05. The first-order valence-corrected chi connectivity index (χ1v) is 9.69. The molecule has 0 saturated heterocycles. The summed E-state index contributed by atoms with van der Waals surface area (Å²) in [4.78, 5) is 13.6. The summed E-state index contributed by atoms with van der Waals surface area (Å²) in [7, 11) is 0. The van der Waals surface area contributed by atoms with Crippen LogP contribution >= 0.6 is 35.0 Å². The van der Waals surface area contributed by atoms with Crippen molar-refractivity contribution >= 4 is 46.6 Å². The van der Waals surface area contributed by atoms with Crippen LogP contribution in [0.3, 0.4) is 0 Å². The number of carbonyl (C=O) groups excluding carboxylic acids is 1. The van der Waals surface area contributed by atoms with Crippen LogP contribution in [0.15, 0.2) is 53.4 Å². The summed E-state index contributed by atoms with van der Waals surface area (Å²) in [6.07, 6.45) is -0.697. The summed E-state index contributed by atoms with van der Waals surface area (Å²) < 4.78 is 5.66. The van der Waals surface area contributed by atoms with Crippen molar-refractivity contribution in [2.24, 2.45) is 0 Å². The zero-order chi connectivity index (χ0) is 18.7. The van der Waals surface area contributed by atoms with Gasteiger partial charge in [-0.25, -0.2) is 0 Å². The molecule has 2 aromatic rings. The fourth-order valence-corrected chi connectivity index (χ4v) is 3.97. The molecule has 2 aromatic carbocycles. The van der Waals surface area contributed by atoms with Gasteiger partial charge in [0.15, 0.2) is 11.6 Å². The minimum atomic E-state index is -0.697. The first-order chi connectivity index (χ1) is 12.4. The zero-order valence-corrected chi connectivity index (χ0v) is 16.6. The van der Waals surface area contributed by atoms with Crippen molar-refractivity contribution in [1.29, 1.82) is 0 Å². The Labute approximate surface area is 166 Å². The second kappa shape index (κ2) is 8.25. The van der Waals surface area contributed by atoms with Crippen LogP contribution in [-0.2, 0) is 4.79 Å². The SMILES string of the molecule is CC1=C(c2ccccc2)N[C@@H](NC(=O)[C@H](C)Oc2ccc(Cl)cc2Cl)S1. The van der Waals surface area contributed by atoms with Crippen molar-refractivity contribution in [2.45, 2.75) is 25.4 Å². The first kappa shape index (κ1) is 19.0. The van der Waals surface area contributed by atoms with E-state index >= 15 is 0 Å². The van der Waals surface area contributed by atoms with Crippen LogP contribution in [0.25, 0.3) is 5.70 Å². The summed E-state index contributed by atoms with van der Waals surface area (Å²) in [6.45, 7) is 3.71. The van der Waals surface area contributed by atoms with Gasteiger partial charge in [0, 0.05) is 9.93 Å². The van der Waals surface area contributed by atoms with E-state index in [-0.39, 0.29) is 11.4 Å². The minimum absolute atomic E-state index is 0.233. The number of halogens is 2. The molecule has 1 heterocycles. The Morgan fingerprint density at radius 1 is 1.23 bits per heavy atom. The molecule has 0 aromatic heterocycles. The number of benzene rings is 2. The number of hydrogen-bond acceptors (Lipinski definition) is 4. The van der Waals surface area contributed by atoms with Crippen molar-refractivity contribution < 1.29 is 9.53 Å². The number of ether oxygens (including phenoxy) is 1. The Bertz CT molecular complexity index is 843. The molecule has 0 bridgehead atoms. The lowest BCUT2D eigenvalue weighted by atomic mass is 10.1. The minimum Gasteiger partial charge on any atom is -0.479 e. The highest BCUT2D eigenvalue weighted by Gasteiger charge is 2.26. The highest BCUT2D eigenvalue weighted by atomic mass is 35.5. The lowest BCUT2D eigenvalue weighted by Crippen LogP contribution is -2.45. The maximum atomic E-state index is 12.5. The molecule has 0 unspecified atom stereocenters. The maximum absolute atomic E-state index is 12.5. The fourth-order valence-electron chi connectivity index (χ4n) is 2.52. The topological polar surface area (TPSA) is 50.4 Å². The number of amides is 1. The second-order valence-electron chi connectivity index (χ2n) is 5.78. The molecule has 136 valence electrons. The van der Waals surface area contributed by atoms with E-state index in [0.717, 1.165) is 16.2 Å². The van der Waals surface area contributed by atoms with Gasteiger partial charge in [0.2, 0.25) is 0 Å². The molecule has 2 atom stereocenters. The van der Waals surface area contributed by atoms with Crippen LogP contribution in [-0.4, -0.2) is 17.5 Å². The van der Waals surface area contributed by atoms with Crippen LogP contribution in [0.2, 0.25) is 10.0 Å². The van der Waals surface area contributed by atoms with Crippen LogP contribution in [0.4, 0.5) is 0 Å². The smallest absolute Gasteiger partial charge is 0.263 e. The number of allylic oxidation sites excluding steroid dienone is 1. The molecule has 1 aliphatic rings. The summed E-state index contributed by atoms with van der Waals surface area (Å²) in [5.74, 6) is 0.188. The molecule has 1 aliphatic heterocycles. The van der Waals surface area contributed by atoms with E-state index in [1.807, 2.05) is 37.3 Å². The molecule has 2 N–H and O–H groups in total. The third kappa shape index (κ3) is 4.47. The standard InChI is InChI=1S/C19H18Cl2N2O2S/c1-11(25-16-9-8-14(20)10-15(16)21)18(24)23-19-22-17(12(2)26-19)13-6-4-3-5-7-13/h3-11,19,22H,1-2H3,(H,23,24)/t11-,19-/m0/s1. The highest BCUT2D eigenvalue weighted by Crippen LogP contribution is 2.34. The van der Waals surface area contributed by atoms with Crippen molar-refractivity contribution in [1.82, 2.24) is 10.6 Å². The fraction of sp³-hybridized carbons (Fsp3) is 0.211. The Morgan fingerprint density at radius 3 is 2.65 bits per heavy atom. The highest BCUT2D eigenvalue weighted by molar-refractivity contribution is 8.04. The van der Waals surface area contributed by atoms with Gasteiger partial charge in [-0.15, -0.1) is 0 Å². The molecule has 0 radical (unpaired) electrons. The molecule has 0 spiro atoms. The zero-order valence-electron chi connectivity index (χ0n) is 14.3. The third-order valence-electron chi connectivity index (χ3n) is 3.82. The van der Waals surface area contributed by atoms with Crippen LogP contribution in [0, 0.1) is 0 Å². The Morgan fingerprint density at radius 2 is 1.96 bits per heavy atom. The van der Waals surface area contributed by atoms with Gasteiger partial charge in [0.25, 0.3) is 5.91 Å². The van der Waals surface area contributed by atoms with Crippen molar-refractivity contribution in [3.8, 4) is 5.75 Å². The largest absolute Gasteiger partial charge is 0.479 e. The van der Waals surface area contributed by atoms with Crippen molar-refractivity contribution in [3.63, 3.8) is 0 Å². The van der Waals surface area contributed by atoms with Gasteiger partial charge in [-0.3, -0.25) is 4.79 Å². The maximum Gasteiger partial charge on any atom is 0.263 e. The van der Waals surface area contributed by atoms with E-state index in [9.17, 15) is 4.79 Å². The summed E-state index contributed by atoms with van der Waals surface area (Å²) in [6, 6.07) is 14.9. The quantitative estimate of drug-likeness (QED) is 0.739. The molecule has 7 heteroatoms. The number of thioether (sulfide) groups is 1. The molecule has 1 amide bonds. The molecule has 3 rings (SSSR count). The number of hydrogen-bond donors (Lipinski definition) is 2. The van der Waals surface area contributed by atoms with E-state index in [0.29, 0.717) is 15.8 Å². The van der Waals surface area contributed by atoms with Gasteiger partial charge in [-0.05, 0) is 37.6 Å². The lowest BCUT2D eigenvalue weighted by molar-refractivity contribution is -0.127. The predicted octanol–water partition coefficient (Wildman–Crippen LogP) is 4.89. The Balaban J connectivity index is 1.59. The second-order valence-corrected chi connectivity index (χ2v) is 7.95. The number of carbonyl (C=O) groups is 1. The predicted molar refractivity (Wildman–Crippen MR) is 108 cm³/mol. The van der Waals surface area contributed by atoms with E-state index in [2.05, 4.69) is 10.6 Å². The van der Waals surface area contributed by atoms with Gasteiger partial charge in [-0.1, -0.05) is 65.3 Å². The monoisotopic (exact) mass is 408 g/mol. The average molecular weight is 409 g/mol.